The van der Waals surface area contributed by atoms with Crippen molar-refractivity contribution in [2.75, 3.05) is 13.2 Å². The zero-order valence-corrected chi connectivity index (χ0v) is 12.1. The molecule has 0 aromatic rings. The summed E-state index contributed by atoms with van der Waals surface area (Å²) in [5.74, 6) is 0.466. The number of unbranched alkanes of at least 4 members (excludes halogenated alkanes) is 9. The Bertz CT molecular complexity index is 193. The molecular formula is C15H32N2O. The maximum absolute atomic E-state index is 5.56. The molecule has 0 fully saturated rings. The summed E-state index contributed by atoms with van der Waals surface area (Å²) in [5.41, 5.74) is 10.9. The molecule has 0 atom stereocenters. The topological polar surface area (TPSA) is 61.3 Å². The Morgan fingerprint density at radius 1 is 0.889 bits per heavy atom. The Labute approximate surface area is 113 Å². The molecule has 0 aliphatic rings. The van der Waals surface area contributed by atoms with Gasteiger partial charge in [0.05, 0.1) is 6.61 Å². The van der Waals surface area contributed by atoms with Crippen LogP contribution in [0.2, 0.25) is 0 Å². The van der Waals surface area contributed by atoms with Crippen LogP contribution in [0.1, 0.15) is 71.1 Å². The summed E-state index contributed by atoms with van der Waals surface area (Å²) < 4.78 is 5.31. The first kappa shape index (κ1) is 17.3. The van der Waals surface area contributed by atoms with Gasteiger partial charge in [-0.15, -0.1) is 0 Å². The van der Waals surface area contributed by atoms with Gasteiger partial charge in [-0.25, -0.2) is 0 Å². The third-order valence-electron chi connectivity index (χ3n) is 3.09. The van der Waals surface area contributed by atoms with Crippen molar-refractivity contribution in [3.8, 4) is 0 Å². The minimum atomic E-state index is 0.448. The summed E-state index contributed by atoms with van der Waals surface area (Å²) >= 11 is 0. The first-order chi connectivity index (χ1) is 8.81. The fourth-order valence-corrected chi connectivity index (χ4v) is 1.95. The fourth-order valence-electron chi connectivity index (χ4n) is 1.95. The molecule has 0 aromatic heterocycles. The number of hydrogen-bond acceptors (Lipinski definition) is 3. The van der Waals surface area contributed by atoms with Crippen molar-refractivity contribution >= 4 is 0 Å². The van der Waals surface area contributed by atoms with Crippen molar-refractivity contribution in [2.45, 2.75) is 71.1 Å². The van der Waals surface area contributed by atoms with Crippen LogP contribution in [-0.4, -0.2) is 13.2 Å². The molecule has 108 valence electrons. The zero-order chi connectivity index (χ0) is 13.5. The smallest absolute Gasteiger partial charge is 0.181 e. The van der Waals surface area contributed by atoms with E-state index in [0.717, 1.165) is 13.0 Å². The second-order valence-electron chi connectivity index (χ2n) is 4.87. The van der Waals surface area contributed by atoms with Gasteiger partial charge in [-0.05, 0) is 12.5 Å². The molecule has 4 N–H and O–H groups in total. The van der Waals surface area contributed by atoms with Crippen molar-refractivity contribution in [3.05, 3.63) is 12.0 Å². The quantitative estimate of drug-likeness (QED) is 0.390. The Balaban J connectivity index is 3.05. The Morgan fingerprint density at radius 2 is 1.39 bits per heavy atom. The van der Waals surface area contributed by atoms with E-state index in [1.54, 1.807) is 6.08 Å². The van der Waals surface area contributed by atoms with Crippen LogP contribution in [0.15, 0.2) is 12.0 Å². The second kappa shape index (κ2) is 14.4. The van der Waals surface area contributed by atoms with E-state index >= 15 is 0 Å². The molecule has 0 rings (SSSR count). The predicted molar refractivity (Wildman–Crippen MR) is 79.1 cm³/mol. The SMILES string of the molecule is CCCCCCCCCCCCOC(N)=CCN. The number of ether oxygens (including phenoxy) is 1. The van der Waals surface area contributed by atoms with E-state index in [2.05, 4.69) is 6.92 Å². The Morgan fingerprint density at radius 3 is 1.89 bits per heavy atom. The van der Waals surface area contributed by atoms with Crippen molar-refractivity contribution in [3.63, 3.8) is 0 Å². The number of rotatable bonds is 13. The van der Waals surface area contributed by atoms with Crippen LogP contribution in [0.4, 0.5) is 0 Å². The predicted octanol–water partition coefficient (Wildman–Crippen LogP) is 3.68. The molecule has 0 spiro atoms. The Hall–Kier alpha value is -0.700. The molecule has 0 heterocycles. The molecule has 0 saturated carbocycles. The van der Waals surface area contributed by atoms with E-state index in [0.29, 0.717) is 12.4 Å². The van der Waals surface area contributed by atoms with Crippen LogP contribution >= 0.6 is 0 Å². The van der Waals surface area contributed by atoms with Gasteiger partial charge in [-0.2, -0.15) is 0 Å². The van der Waals surface area contributed by atoms with Gasteiger partial charge in [0.2, 0.25) is 0 Å². The molecule has 0 amide bonds. The molecule has 0 aliphatic carbocycles. The van der Waals surface area contributed by atoms with Crippen LogP contribution < -0.4 is 11.5 Å². The van der Waals surface area contributed by atoms with Crippen LogP contribution in [-0.2, 0) is 4.74 Å². The molecule has 0 aromatic carbocycles. The molecule has 3 heteroatoms. The van der Waals surface area contributed by atoms with Crippen LogP contribution in [0.5, 0.6) is 0 Å². The summed E-state index contributed by atoms with van der Waals surface area (Å²) in [6.45, 7) is 3.43. The molecule has 0 radical (unpaired) electrons. The monoisotopic (exact) mass is 256 g/mol. The van der Waals surface area contributed by atoms with Gasteiger partial charge in [-0.1, -0.05) is 64.7 Å². The molecule has 0 saturated heterocycles. The molecule has 3 nitrogen and oxygen atoms in total. The van der Waals surface area contributed by atoms with Gasteiger partial charge in [0, 0.05) is 6.54 Å². The first-order valence-electron chi connectivity index (χ1n) is 7.59. The van der Waals surface area contributed by atoms with E-state index in [1.165, 1.54) is 57.8 Å². The summed E-state index contributed by atoms with van der Waals surface area (Å²) in [6, 6.07) is 0. The molecule has 18 heavy (non-hydrogen) atoms. The molecule has 0 aliphatic heterocycles. The lowest BCUT2D eigenvalue weighted by Gasteiger charge is -2.05. The van der Waals surface area contributed by atoms with Gasteiger partial charge in [0.1, 0.15) is 0 Å². The Kier molecular flexibility index (Phi) is 13.8. The van der Waals surface area contributed by atoms with Crippen molar-refractivity contribution < 1.29 is 4.74 Å². The minimum absolute atomic E-state index is 0.448. The van der Waals surface area contributed by atoms with Gasteiger partial charge >= 0.3 is 0 Å². The van der Waals surface area contributed by atoms with Crippen LogP contribution in [0.3, 0.4) is 0 Å². The molecule has 0 bridgehead atoms. The van der Waals surface area contributed by atoms with Crippen molar-refractivity contribution in [1.82, 2.24) is 0 Å². The summed E-state index contributed by atoms with van der Waals surface area (Å²) in [4.78, 5) is 0. The largest absolute Gasteiger partial charge is 0.480 e. The first-order valence-corrected chi connectivity index (χ1v) is 7.59. The zero-order valence-electron chi connectivity index (χ0n) is 12.1. The summed E-state index contributed by atoms with van der Waals surface area (Å²) in [5, 5.41) is 0. The highest BCUT2D eigenvalue weighted by Crippen LogP contribution is 2.10. The lowest BCUT2D eigenvalue weighted by Crippen LogP contribution is -2.07. The maximum atomic E-state index is 5.56. The third-order valence-corrected chi connectivity index (χ3v) is 3.09. The normalized spacial score (nSPS) is 11.8. The fraction of sp³-hybridized carbons (Fsp3) is 0.867. The lowest BCUT2D eigenvalue weighted by atomic mass is 10.1. The average molecular weight is 256 g/mol. The van der Waals surface area contributed by atoms with Gasteiger partial charge in [0.15, 0.2) is 5.88 Å². The van der Waals surface area contributed by atoms with E-state index in [9.17, 15) is 0 Å². The van der Waals surface area contributed by atoms with Crippen LogP contribution in [0.25, 0.3) is 0 Å². The highest BCUT2D eigenvalue weighted by molar-refractivity contribution is 4.87. The third kappa shape index (κ3) is 13.4. The van der Waals surface area contributed by atoms with Gasteiger partial charge in [0.25, 0.3) is 0 Å². The van der Waals surface area contributed by atoms with E-state index in [4.69, 9.17) is 16.2 Å². The average Bonchev–Trinajstić information content (AvgIpc) is 2.36. The number of hydrogen-bond donors (Lipinski definition) is 2. The van der Waals surface area contributed by atoms with E-state index in [1.807, 2.05) is 0 Å². The van der Waals surface area contributed by atoms with E-state index < -0.39 is 0 Å². The molecular weight excluding hydrogens is 224 g/mol. The minimum Gasteiger partial charge on any atom is -0.480 e. The van der Waals surface area contributed by atoms with Gasteiger partial charge < -0.3 is 16.2 Å². The molecule has 0 unspecified atom stereocenters. The summed E-state index contributed by atoms with van der Waals surface area (Å²) in [6.07, 6.45) is 15.1. The maximum Gasteiger partial charge on any atom is 0.181 e. The second-order valence-corrected chi connectivity index (χ2v) is 4.87. The lowest BCUT2D eigenvalue weighted by molar-refractivity contribution is 0.201. The van der Waals surface area contributed by atoms with Crippen molar-refractivity contribution in [2.24, 2.45) is 11.5 Å². The summed E-state index contributed by atoms with van der Waals surface area (Å²) in [7, 11) is 0. The van der Waals surface area contributed by atoms with E-state index in [-0.39, 0.29) is 0 Å². The number of nitrogens with two attached hydrogens (primary N) is 2. The highest BCUT2D eigenvalue weighted by Gasteiger charge is 1.94. The highest BCUT2D eigenvalue weighted by atomic mass is 16.5. The van der Waals surface area contributed by atoms with Crippen LogP contribution in [0, 0.1) is 0 Å². The van der Waals surface area contributed by atoms with Gasteiger partial charge in [-0.3, -0.25) is 0 Å². The van der Waals surface area contributed by atoms with Crippen molar-refractivity contribution in [1.29, 1.82) is 0 Å². The standard InChI is InChI=1S/C15H32N2O/c1-2-3-4-5-6-7-8-9-10-11-14-18-15(17)12-13-16/h12H,2-11,13-14,16-17H2,1H3.